The highest BCUT2D eigenvalue weighted by molar-refractivity contribution is 5.96. The summed E-state index contributed by atoms with van der Waals surface area (Å²) in [4.78, 5) is 11.6. The van der Waals surface area contributed by atoms with E-state index in [0.29, 0.717) is 30.4 Å². The smallest absolute Gasteiger partial charge is 0.255 e. The summed E-state index contributed by atoms with van der Waals surface area (Å²) in [7, 11) is 0. The van der Waals surface area contributed by atoms with Crippen molar-refractivity contribution in [2.75, 3.05) is 18.5 Å². The van der Waals surface area contributed by atoms with Crippen LogP contribution in [0.3, 0.4) is 0 Å². The van der Waals surface area contributed by atoms with Crippen molar-refractivity contribution < 1.29 is 19.4 Å². The highest BCUT2D eigenvalue weighted by Gasteiger charge is 2.24. The van der Waals surface area contributed by atoms with Gasteiger partial charge in [0.15, 0.2) is 11.5 Å². The van der Waals surface area contributed by atoms with Gasteiger partial charge in [0.2, 0.25) is 0 Å². The summed E-state index contributed by atoms with van der Waals surface area (Å²) in [5.74, 6) is 0.802. The zero-order chi connectivity index (χ0) is 12.5. The van der Waals surface area contributed by atoms with Gasteiger partial charge in [-0.05, 0) is 26.0 Å². The number of hydrogen-bond acceptors (Lipinski definition) is 4. The van der Waals surface area contributed by atoms with Crippen LogP contribution in [0, 0.1) is 0 Å². The number of amides is 1. The Bertz CT molecular complexity index is 437. The Morgan fingerprint density at radius 3 is 2.59 bits per heavy atom. The van der Waals surface area contributed by atoms with Gasteiger partial charge in [0.1, 0.15) is 18.8 Å². The van der Waals surface area contributed by atoms with E-state index in [9.17, 15) is 9.90 Å². The molecule has 2 rings (SSSR count). The van der Waals surface area contributed by atoms with Crippen LogP contribution in [0.25, 0.3) is 0 Å². The molecular formula is C12H15NO4. The lowest BCUT2D eigenvalue weighted by Gasteiger charge is -2.20. The molecule has 0 aromatic heterocycles. The maximum absolute atomic E-state index is 11.6. The average Bonchev–Trinajstić information content (AvgIpc) is 2.27. The first kappa shape index (κ1) is 11.7. The molecule has 0 fully saturated rings. The van der Waals surface area contributed by atoms with Gasteiger partial charge >= 0.3 is 0 Å². The van der Waals surface area contributed by atoms with Crippen molar-refractivity contribution in [2.45, 2.75) is 19.4 Å². The topological polar surface area (TPSA) is 67.8 Å². The summed E-state index contributed by atoms with van der Waals surface area (Å²) < 4.78 is 10.8. The van der Waals surface area contributed by atoms with Crippen LogP contribution >= 0.6 is 0 Å². The van der Waals surface area contributed by atoms with Crippen LogP contribution in [0.1, 0.15) is 13.8 Å². The second kappa shape index (κ2) is 4.25. The molecule has 5 heteroatoms. The Hall–Kier alpha value is -1.75. The minimum absolute atomic E-state index is 0.464. The van der Waals surface area contributed by atoms with Gasteiger partial charge in [-0.1, -0.05) is 0 Å². The summed E-state index contributed by atoms with van der Waals surface area (Å²) in [6, 6.07) is 5.11. The van der Waals surface area contributed by atoms with Crippen LogP contribution in [0.15, 0.2) is 18.2 Å². The molecule has 1 amide bonds. The molecule has 1 aliphatic rings. The highest BCUT2D eigenvalue weighted by atomic mass is 16.6. The Balaban J connectivity index is 2.15. The fourth-order valence-electron chi connectivity index (χ4n) is 1.41. The first-order chi connectivity index (χ1) is 7.97. The van der Waals surface area contributed by atoms with Crippen LogP contribution in [0.2, 0.25) is 0 Å². The van der Waals surface area contributed by atoms with Gasteiger partial charge in [-0.25, -0.2) is 0 Å². The van der Waals surface area contributed by atoms with E-state index in [1.807, 2.05) is 0 Å². The molecule has 92 valence electrons. The Kier molecular flexibility index (Phi) is 2.93. The van der Waals surface area contributed by atoms with Crippen LogP contribution in [-0.2, 0) is 4.79 Å². The standard InChI is InChI=1S/C12H15NO4/c1-12(2,15)11(14)13-8-3-4-9-10(7-8)17-6-5-16-9/h3-4,7,15H,5-6H2,1-2H3,(H,13,14). The number of fused-ring (bicyclic) bond motifs is 1. The number of carbonyl (C=O) groups is 1. The van der Waals surface area contributed by atoms with Gasteiger partial charge in [0.05, 0.1) is 0 Å². The molecule has 1 aromatic rings. The van der Waals surface area contributed by atoms with Crippen molar-refractivity contribution >= 4 is 11.6 Å². The average molecular weight is 237 g/mol. The van der Waals surface area contributed by atoms with E-state index in [1.165, 1.54) is 13.8 Å². The Morgan fingerprint density at radius 2 is 1.94 bits per heavy atom. The number of anilines is 1. The van der Waals surface area contributed by atoms with Gasteiger partial charge in [-0.3, -0.25) is 4.79 Å². The van der Waals surface area contributed by atoms with E-state index in [-0.39, 0.29) is 0 Å². The summed E-state index contributed by atoms with van der Waals surface area (Å²) in [6.07, 6.45) is 0. The molecular weight excluding hydrogens is 222 g/mol. The summed E-state index contributed by atoms with van der Waals surface area (Å²) in [5, 5.41) is 12.1. The maximum atomic E-state index is 11.6. The summed E-state index contributed by atoms with van der Waals surface area (Å²) in [6.45, 7) is 3.89. The summed E-state index contributed by atoms with van der Waals surface area (Å²) >= 11 is 0. The number of ether oxygens (including phenoxy) is 2. The van der Waals surface area contributed by atoms with Gasteiger partial charge in [0.25, 0.3) is 5.91 Å². The first-order valence-corrected chi connectivity index (χ1v) is 5.40. The number of carbonyl (C=O) groups excluding carboxylic acids is 1. The lowest BCUT2D eigenvalue weighted by atomic mass is 10.1. The van der Waals surface area contributed by atoms with Gasteiger partial charge in [-0.2, -0.15) is 0 Å². The van der Waals surface area contributed by atoms with Gasteiger partial charge < -0.3 is 19.9 Å². The molecule has 0 aliphatic carbocycles. The van der Waals surface area contributed by atoms with Gasteiger partial charge in [-0.15, -0.1) is 0 Å². The second-order valence-corrected chi connectivity index (χ2v) is 4.37. The SMILES string of the molecule is CC(C)(O)C(=O)Nc1ccc2c(c1)OCCO2. The normalized spacial score (nSPS) is 14.3. The van der Waals surface area contributed by atoms with Crippen molar-refractivity contribution in [3.63, 3.8) is 0 Å². The lowest BCUT2D eigenvalue weighted by Crippen LogP contribution is -2.36. The van der Waals surface area contributed by atoms with Crippen LogP contribution in [0.5, 0.6) is 11.5 Å². The monoisotopic (exact) mass is 237 g/mol. The highest BCUT2D eigenvalue weighted by Crippen LogP contribution is 2.32. The molecule has 0 radical (unpaired) electrons. The Morgan fingerprint density at radius 1 is 1.29 bits per heavy atom. The third-order valence-electron chi connectivity index (χ3n) is 2.36. The van der Waals surface area contributed by atoms with E-state index in [4.69, 9.17) is 9.47 Å². The Labute approximate surface area is 99.3 Å². The fraction of sp³-hybridized carbons (Fsp3) is 0.417. The molecule has 0 bridgehead atoms. The molecule has 1 heterocycles. The third-order valence-corrected chi connectivity index (χ3v) is 2.36. The quantitative estimate of drug-likeness (QED) is 0.810. The third kappa shape index (κ3) is 2.68. The van der Waals surface area contributed by atoms with Crippen molar-refractivity contribution in [3.05, 3.63) is 18.2 Å². The molecule has 0 saturated carbocycles. The molecule has 0 spiro atoms. The first-order valence-electron chi connectivity index (χ1n) is 5.40. The number of nitrogens with one attached hydrogen (secondary N) is 1. The van der Waals surface area contributed by atoms with Crippen LogP contribution in [0.4, 0.5) is 5.69 Å². The second-order valence-electron chi connectivity index (χ2n) is 4.37. The largest absolute Gasteiger partial charge is 0.486 e. The molecule has 0 unspecified atom stereocenters. The molecule has 2 N–H and O–H groups in total. The van der Waals surface area contributed by atoms with E-state index >= 15 is 0 Å². The predicted octanol–water partition coefficient (Wildman–Crippen LogP) is 1.17. The van der Waals surface area contributed by atoms with Crippen molar-refractivity contribution in [3.8, 4) is 11.5 Å². The van der Waals surface area contributed by atoms with E-state index in [1.54, 1.807) is 18.2 Å². The lowest BCUT2D eigenvalue weighted by molar-refractivity contribution is -0.130. The number of rotatable bonds is 2. The molecule has 1 aromatic carbocycles. The van der Waals surface area contributed by atoms with E-state index in [0.717, 1.165) is 0 Å². The van der Waals surface area contributed by atoms with E-state index < -0.39 is 11.5 Å². The molecule has 0 atom stereocenters. The molecule has 1 aliphatic heterocycles. The van der Waals surface area contributed by atoms with Gasteiger partial charge in [0, 0.05) is 11.8 Å². The molecule has 17 heavy (non-hydrogen) atoms. The van der Waals surface area contributed by atoms with Crippen LogP contribution < -0.4 is 14.8 Å². The zero-order valence-electron chi connectivity index (χ0n) is 9.82. The minimum atomic E-state index is -1.41. The molecule has 5 nitrogen and oxygen atoms in total. The van der Waals surface area contributed by atoms with Crippen molar-refractivity contribution in [1.82, 2.24) is 0 Å². The predicted molar refractivity (Wildman–Crippen MR) is 62.4 cm³/mol. The number of hydrogen-bond donors (Lipinski definition) is 2. The minimum Gasteiger partial charge on any atom is -0.486 e. The zero-order valence-corrected chi connectivity index (χ0v) is 9.82. The van der Waals surface area contributed by atoms with Crippen molar-refractivity contribution in [2.24, 2.45) is 0 Å². The van der Waals surface area contributed by atoms with Crippen molar-refractivity contribution in [1.29, 1.82) is 0 Å². The molecule has 0 saturated heterocycles. The maximum Gasteiger partial charge on any atom is 0.255 e. The van der Waals surface area contributed by atoms with Crippen LogP contribution in [-0.4, -0.2) is 29.8 Å². The number of benzene rings is 1. The van der Waals surface area contributed by atoms with E-state index in [2.05, 4.69) is 5.32 Å². The summed E-state index contributed by atoms with van der Waals surface area (Å²) in [5.41, 5.74) is -0.839. The number of aliphatic hydroxyl groups is 1. The fourth-order valence-corrected chi connectivity index (χ4v) is 1.41.